The predicted octanol–water partition coefficient (Wildman–Crippen LogP) is 2.29. The van der Waals surface area contributed by atoms with Crippen molar-refractivity contribution in [3.8, 4) is 0 Å². The zero-order valence-electron chi connectivity index (χ0n) is 16.9. The molecule has 0 radical (unpaired) electrons. The zero-order chi connectivity index (χ0) is 18.9. The average Bonchev–Trinajstić information content (AvgIpc) is 3.60. The van der Waals surface area contributed by atoms with Crippen molar-refractivity contribution in [3.05, 3.63) is 0 Å². The van der Waals surface area contributed by atoms with Crippen LogP contribution in [0.4, 0.5) is 4.79 Å². The van der Waals surface area contributed by atoms with Crippen molar-refractivity contribution in [2.24, 2.45) is 11.3 Å². The van der Waals surface area contributed by atoms with Crippen molar-refractivity contribution in [1.82, 2.24) is 20.0 Å². The number of rotatable bonds is 6. The summed E-state index contributed by atoms with van der Waals surface area (Å²) in [6, 6.07) is 0.520. The number of nitrogens with zero attached hydrogens (tertiary/aromatic N) is 3. The van der Waals surface area contributed by atoms with E-state index in [0.29, 0.717) is 18.0 Å². The van der Waals surface area contributed by atoms with Gasteiger partial charge in [0.15, 0.2) is 0 Å². The largest absolute Gasteiger partial charge is 0.342 e. The number of carbonyl (C=O) groups is 2. The molecule has 4 aliphatic rings. The van der Waals surface area contributed by atoms with Crippen molar-refractivity contribution in [1.29, 1.82) is 0 Å². The van der Waals surface area contributed by atoms with Gasteiger partial charge < -0.3 is 15.1 Å². The molecule has 0 bridgehead atoms. The number of urea groups is 1. The molecule has 152 valence electrons. The minimum Gasteiger partial charge on any atom is -0.342 e. The number of carbonyl (C=O) groups excluding carboxylic acids is 2. The highest BCUT2D eigenvalue weighted by Gasteiger charge is 2.53. The molecular weight excluding hydrogens is 340 g/mol. The van der Waals surface area contributed by atoms with E-state index in [9.17, 15) is 9.59 Å². The molecule has 27 heavy (non-hydrogen) atoms. The van der Waals surface area contributed by atoms with Crippen LogP contribution in [0.3, 0.4) is 0 Å². The molecule has 4 fully saturated rings. The lowest BCUT2D eigenvalue weighted by Crippen LogP contribution is -2.54. The topological polar surface area (TPSA) is 55.9 Å². The summed E-state index contributed by atoms with van der Waals surface area (Å²) >= 11 is 0. The minimum atomic E-state index is 0.0900. The highest BCUT2D eigenvalue weighted by atomic mass is 16.2. The minimum absolute atomic E-state index is 0.0900. The molecule has 0 aromatic heterocycles. The Kier molecular flexibility index (Phi) is 5.62. The van der Waals surface area contributed by atoms with Gasteiger partial charge in [-0.3, -0.25) is 9.69 Å². The van der Waals surface area contributed by atoms with Gasteiger partial charge in [-0.05, 0) is 49.9 Å². The van der Waals surface area contributed by atoms with E-state index in [-0.39, 0.29) is 11.9 Å². The summed E-state index contributed by atoms with van der Waals surface area (Å²) in [5, 5.41) is 3.19. The Morgan fingerprint density at radius 1 is 1.00 bits per heavy atom. The molecule has 1 aliphatic heterocycles. The first kappa shape index (κ1) is 19.0. The van der Waals surface area contributed by atoms with E-state index >= 15 is 0 Å². The number of hydrogen-bond donors (Lipinski definition) is 1. The Bertz CT molecular complexity index is 544. The van der Waals surface area contributed by atoms with E-state index < -0.39 is 0 Å². The van der Waals surface area contributed by atoms with Gasteiger partial charge in [-0.25, -0.2) is 4.79 Å². The molecule has 3 saturated carbocycles. The van der Waals surface area contributed by atoms with E-state index in [1.165, 1.54) is 44.9 Å². The fourth-order valence-corrected chi connectivity index (χ4v) is 5.03. The van der Waals surface area contributed by atoms with Gasteiger partial charge in [-0.1, -0.05) is 19.3 Å². The van der Waals surface area contributed by atoms with Crippen molar-refractivity contribution in [2.75, 3.05) is 46.3 Å². The summed E-state index contributed by atoms with van der Waals surface area (Å²) in [6.45, 7) is 4.40. The first-order valence-corrected chi connectivity index (χ1v) is 11.1. The first-order valence-electron chi connectivity index (χ1n) is 11.1. The Balaban J connectivity index is 1.16. The van der Waals surface area contributed by atoms with Gasteiger partial charge in [0.05, 0.1) is 6.54 Å². The Labute approximate surface area is 163 Å². The molecule has 0 aromatic carbocycles. The number of hydrogen-bond acceptors (Lipinski definition) is 3. The second-order valence-electron chi connectivity index (χ2n) is 9.36. The van der Waals surface area contributed by atoms with Gasteiger partial charge in [0.25, 0.3) is 0 Å². The predicted molar refractivity (Wildman–Crippen MR) is 105 cm³/mol. The third-order valence-electron chi connectivity index (χ3n) is 7.46. The summed E-state index contributed by atoms with van der Waals surface area (Å²) in [6.07, 6.45) is 11.4. The summed E-state index contributed by atoms with van der Waals surface area (Å²) in [7, 11) is 1.97. The number of amides is 3. The normalized spacial score (nSPS) is 25.9. The van der Waals surface area contributed by atoms with Crippen LogP contribution in [0.5, 0.6) is 0 Å². The molecule has 0 unspecified atom stereocenters. The molecule has 6 nitrogen and oxygen atoms in total. The van der Waals surface area contributed by atoms with Gasteiger partial charge in [0.2, 0.25) is 5.91 Å². The van der Waals surface area contributed by atoms with Crippen molar-refractivity contribution in [3.63, 3.8) is 0 Å². The van der Waals surface area contributed by atoms with Crippen LogP contribution in [0.1, 0.15) is 57.8 Å². The summed E-state index contributed by atoms with van der Waals surface area (Å²) < 4.78 is 0. The third-order valence-corrected chi connectivity index (χ3v) is 7.46. The summed E-state index contributed by atoms with van der Waals surface area (Å²) in [5.41, 5.74) is 0.452. The van der Waals surface area contributed by atoms with Gasteiger partial charge in [0, 0.05) is 45.8 Å². The van der Waals surface area contributed by atoms with E-state index in [1.54, 1.807) is 0 Å². The molecular formula is C21H36N4O2. The Morgan fingerprint density at radius 3 is 2.26 bits per heavy atom. The molecule has 4 rings (SSSR count). The van der Waals surface area contributed by atoms with Crippen LogP contribution < -0.4 is 5.32 Å². The van der Waals surface area contributed by atoms with Crippen molar-refractivity contribution >= 4 is 11.9 Å². The lowest BCUT2D eigenvalue weighted by molar-refractivity contribution is -0.134. The molecule has 0 atom stereocenters. The highest BCUT2D eigenvalue weighted by molar-refractivity contribution is 5.78. The van der Waals surface area contributed by atoms with E-state index in [1.807, 2.05) is 16.8 Å². The highest BCUT2D eigenvalue weighted by Crippen LogP contribution is 2.60. The van der Waals surface area contributed by atoms with Crippen LogP contribution in [-0.4, -0.2) is 79.0 Å². The van der Waals surface area contributed by atoms with Crippen LogP contribution in [-0.2, 0) is 4.79 Å². The van der Waals surface area contributed by atoms with Crippen LogP contribution in [0.15, 0.2) is 0 Å². The average molecular weight is 377 g/mol. The number of piperazine rings is 1. The quantitative estimate of drug-likeness (QED) is 0.774. The molecule has 6 heteroatoms. The third kappa shape index (κ3) is 4.58. The number of likely N-dealkylation sites (N-methyl/N-ethyl adjacent to an activating group) is 1. The van der Waals surface area contributed by atoms with Crippen LogP contribution >= 0.6 is 0 Å². The van der Waals surface area contributed by atoms with Crippen LogP contribution in [0.2, 0.25) is 0 Å². The van der Waals surface area contributed by atoms with E-state index in [0.717, 1.165) is 51.5 Å². The van der Waals surface area contributed by atoms with E-state index in [4.69, 9.17) is 0 Å². The Morgan fingerprint density at radius 2 is 1.67 bits per heavy atom. The second-order valence-corrected chi connectivity index (χ2v) is 9.36. The standard InChI is InChI=1S/C21H36N4O2/c1-23(18-5-3-2-4-6-18)19(26)15-24-11-13-25(14-12-24)20(27)22-16-21(9-10-21)17-7-8-17/h17-18H,2-16H2,1H3,(H,22,27). The lowest BCUT2D eigenvalue weighted by Gasteiger charge is -2.37. The summed E-state index contributed by atoms with van der Waals surface area (Å²) in [4.78, 5) is 31.2. The zero-order valence-corrected chi connectivity index (χ0v) is 16.9. The van der Waals surface area contributed by atoms with Gasteiger partial charge in [-0.2, -0.15) is 0 Å². The number of nitrogens with one attached hydrogen (secondary N) is 1. The molecule has 1 saturated heterocycles. The maximum Gasteiger partial charge on any atom is 0.317 e. The van der Waals surface area contributed by atoms with Crippen LogP contribution in [0, 0.1) is 11.3 Å². The SMILES string of the molecule is CN(C(=O)CN1CCN(C(=O)NCC2(C3CC3)CC2)CC1)C1CCCCC1. The first-order chi connectivity index (χ1) is 13.1. The lowest BCUT2D eigenvalue weighted by atomic mass is 9.94. The fraction of sp³-hybridized carbons (Fsp3) is 0.905. The van der Waals surface area contributed by atoms with Crippen molar-refractivity contribution < 1.29 is 9.59 Å². The molecule has 1 heterocycles. The van der Waals surface area contributed by atoms with Gasteiger partial charge in [-0.15, -0.1) is 0 Å². The monoisotopic (exact) mass is 376 g/mol. The van der Waals surface area contributed by atoms with Crippen LogP contribution in [0.25, 0.3) is 0 Å². The molecule has 1 N–H and O–H groups in total. The van der Waals surface area contributed by atoms with Gasteiger partial charge in [0.1, 0.15) is 0 Å². The molecule has 3 aliphatic carbocycles. The molecule has 3 amide bonds. The summed E-state index contributed by atoms with van der Waals surface area (Å²) in [5.74, 6) is 1.11. The maximum atomic E-state index is 12.6. The van der Waals surface area contributed by atoms with E-state index in [2.05, 4.69) is 10.2 Å². The molecule has 0 spiro atoms. The maximum absolute atomic E-state index is 12.6. The fourth-order valence-electron chi connectivity index (χ4n) is 5.03. The van der Waals surface area contributed by atoms with Gasteiger partial charge >= 0.3 is 6.03 Å². The molecule has 0 aromatic rings. The smallest absolute Gasteiger partial charge is 0.317 e. The second kappa shape index (κ2) is 7.98. The Hall–Kier alpha value is -1.30. The van der Waals surface area contributed by atoms with Crippen molar-refractivity contribution in [2.45, 2.75) is 63.8 Å².